The largest absolute Gasteiger partial charge is 0.377 e. The van der Waals surface area contributed by atoms with Crippen molar-refractivity contribution in [3.05, 3.63) is 12.2 Å². The van der Waals surface area contributed by atoms with Crippen molar-refractivity contribution in [1.29, 1.82) is 0 Å². The number of carbonyl (C=O) groups is 2. The third-order valence-electron chi connectivity index (χ3n) is 6.62. The fourth-order valence-electron chi connectivity index (χ4n) is 3.89. The summed E-state index contributed by atoms with van der Waals surface area (Å²) < 4.78 is 60.1. The fraction of sp³-hybridized carbons (Fsp3) is 0.889. The summed E-state index contributed by atoms with van der Waals surface area (Å²) in [5, 5.41) is 5.68. The molecule has 2 N–H and O–H groups in total. The molecular formula is C36H70N2O13. The van der Waals surface area contributed by atoms with Crippen LogP contribution in [-0.2, 0) is 61.7 Å². The van der Waals surface area contributed by atoms with Gasteiger partial charge in [0, 0.05) is 25.9 Å². The number of unbranched alkanes of at least 4 members (excludes halogenated alkanes) is 2. The lowest BCUT2D eigenvalue weighted by molar-refractivity contribution is -0.122. The summed E-state index contributed by atoms with van der Waals surface area (Å²) in [6.07, 6.45) is 8.90. The number of ether oxygens (including phenoxy) is 11. The number of nitrogens with one attached hydrogen (secondary N) is 2. The highest BCUT2D eigenvalue weighted by molar-refractivity contribution is 5.76. The molecule has 0 aliphatic carbocycles. The lowest BCUT2D eigenvalue weighted by atomic mass is 10.2. The molecule has 0 saturated carbocycles. The van der Waals surface area contributed by atoms with Gasteiger partial charge in [0.05, 0.1) is 145 Å². The molecule has 15 nitrogen and oxygen atoms in total. The summed E-state index contributed by atoms with van der Waals surface area (Å²) in [6, 6.07) is 0. The van der Waals surface area contributed by atoms with E-state index in [9.17, 15) is 9.59 Å². The Balaban J connectivity index is 3.11. The highest BCUT2D eigenvalue weighted by atomic mass is 16.6. The molecule has 2 amide bonds. The Morgan fingerprint density at radius 1 is 0.412 bits per heavy atom. The second-order valence-electron chi connectivity index (χ2n) is 11.0. The van der Waals surface area contributed by atoms with E-state index in [2.05, 4.69) is 23.6 Å². The molecule has 0 saturated heterocycles. The minimum Gasteiger partial charge on any atom is -0.377 e. The van der Waals surface area contributed by atoms with Crippen LogP contribution in [0.5, 0.6) is 0 Å². The molecule has 0 fully saturated rings. The zero-order chi connectivity index (χ0) is 37.0. The van der Waals surface area contributed by atoms with E-state index in [1.54, 1.807) is 0 Å². The maximum Gasteiger partial charge on any atom is 0.220 e. The van der Waals surface area contributed by atoms with Crippen molar-refractivity contribution in [2.24, 2.45) is 0 Å². The van der Waals surface area contributed by atoms with Gasteiger partial charge in [-0.15, -0.1) is 0 Å². The van der Waals surface area contributed by atoms with Crippen molar-refractivity contribution >= 4 is 11.8 Å². The second kappa shape index (κ2) is 44.4. The Morgan fingerprint density at radius 2 is 0.667 bits per heavy atom. The molecule has 302 valence electrons. The van der Waals surface area contributed by atoms with E-state index in [1.807, 2.05) is 13.0 Å². The van der Waals surface area contributed by atoms with Gasteiger partial charge in [0.2, 0.25) is 11.8 Å². The molecule has 0 aromatic carbocycles. The van der Waals surface area contributed by atoms with Gasteiger partial charge in [-0.05, 0) is 26.2 Å². The lowest BCUT2D eigenvalue weighted by Gasteiger charge is -2.09. The van der Waals surface area contributed by atoms with Gasteiger partial charge < -0.3 is 62.7 Å². The standard InChI is InChI=1S/C36H70N2O13/c1-3-5-7-8-10-36(40)38-12-14-42-16-18-44-20-22-46-24-26-48-28-30-50-32-34-51-33-31-49-29-27-47-25-23-45-21-19-43-17-15-41-13-11-37-35(39)9-6-4-2/h3,5H,4,6-34H2,1-2H3,(H,37,39)(H,38,40)/b5-3-. The zero-order valence-corrected chi connectivity index (χ0v) is 31.7. The van der Waals surface area contributed by atoms with Crippen LogP contribution in [0.15, 0.2) is 12.2 Å². The molecule has 0 radical (unpaired) electrons. The summed E-state index contributed by atoms with van der Waals surface area (Å²) >= 11 is 0. The van der Waals surface area contributed by atoms with E-state index in [0.29, 0.717) is 171 Å². The van der Waals surface area contributed by atoms with Crippen LogP contribution in [0.25, 0.3) is 0 Å². The number of carbonyl (C=O) groups excluding carboxylic acids is 2. The molecule has 0 unspecified atom stereocenters. The Labute approximate surface area is 306 Å². The topological polar surface area (TPSA) is 160 Å². The van der Waals surface area contributed by atoms with Crippen molar-refractivity contribution in [3.8, 4) is 0 Å². The molecule has 0 aromatic heterocycles. The summed E-state index contributed by atoms with van der Waals surface area (Å²) in [5.74, 6) is 0.138. The van der Waals surface area contributed by atoms with Crippen molar-refractivity contribution in [1.82, 2.24) is 10.6 Å². The fourth-order valence-corrected chi connectivity index (χ4v) is 3.89. The number of hydrogen-bond acceptors (Lipinski definition) is 13. The van der Waals surface area contributed by atoms with E-state index in [-0.39, 0.29) is 11.8 Å². The predicted molar refractivity (Wildman–Crippen MR) is 193 cm³/mol. The van der Waals surface area contributed by atoms with Gasteiger partial charge in [-0.25, -0.2) is 0 Å². The summed E-state index contributed by atoms with van der Waals surface area (Å²) in [6.45, 7) is 15.9. The first-order chi connectivity index (χ1) is 25.2. The molecule has 51 heavy (non-hydrogen) atoms. The molecule has 15 heteroatoms. The molecule has 0 spiro atoms. The Morgan fingerprint density at radius 3 is 0.922 bits per heavy atom. The highest BCUT2D eigenvalue weighted by Crippen LogP contribution is 1.96. The van der Waals surface area contributed by atoms with Gasteiger partial charge in [-0.2, -0.15) is 0 Å². The molecule has 0 bridgehead atoms. The summed E-state index contributed by atoms with van der Waals surface area (Å²) in [5.41, 5.74) is 0. The number of rotatable bonds is 43. The van der Waals surface area contributed by atoms with Crippen molar-refractivity contribution in [2.45, 2.75) is 52.4 Å². The Kier molecular flexibility index (Phi) is 42.9. The molecule has 0 aliphatic rings. The zero-order valence-electron chi connectivity index (χ0n) is 31.7. The Bertz CT molecular complexity index is 750. The SMILES string of the molecule is C/C=C\CCCC(=O)NCCOCCOCCOCCOCCOCCOCCOCCOCCOCCOCCOCCNC(=O)CCCC. The lowest BCUT2D eigenvalue weighted by Crippen LogP contribution is -2.27. The first kappa shape index (κ1) is 49.2. The molecule has 0 rings (SSSR count). The number of hydrogen-bond donors (Lipinski definition) is 2. The van der Waals surface area contributed by atoms with Gasteiger partial charge in [0.25, 0.3) is 0 Å². The molecule has 0 aromatic rings. The van der Waals surface area contributed by atoms with E-state index >= 15 is 0 Å². The van der Waals surface area contributed by atoms with Crippen LogP contribution in [0.1, 0.15) is 52.4 Å². The van der Waals surface area contributed by atoms with Crippen molar-refractivity contribution in [3.63, 3.8) is 0 Å². The molecule has 0 atom stereocenters. The van der Waals surface area contributed by atoms with Crippen molar-refractivity contribution < 1.29 is 61.7 Å². The van der Waals surface area contributed by atoms with E-state index in [1.165, 1.54) is 0 Å². The third kappa shape index (κ3) is 44.3. The van der Waals surface area contributed by atoms with Crippen LogP contribution in [0.3, 0.4) is 0 Å². The average molecular weight is 739 g/mol. The van der Waals surface area contributed by atoms with Gasteiger partial charge in [0.1, 0.15) is 0 Å². The van der Waals surface area contributed by atoms with E-state index in [0.717, 1.165) is 25.7 Å². The van der Waals surface area contributed by atoms with Gasteiger partial charge in [-0.3, -0.25) is 9.59 Å². The van der Waals surface area contributed by atoms with Crippen LogP contribution in [0.2, 0.25) is 0 Å². The first-order valence-corrected chi connectivity index (χ1v) is 18.7. The normalized spacial score (nSPS) is 11.5. The van der Waals surface area contributed by atoms with Gasteiger partial charge in [-0.1, -0.05) is 25.5 Å². The predicted octanol–water partition coefficient (Wildman–Crippen LogP) is 2.34. The molecule has 0 heterocycles. The van der Waals surface area contributed by atoms with Gasteiger partial charge in [0.15, 0.2) is 0 Å². The second-order valence-corrected chi connectivity index (χ2v) is 11.0. The highest BCUT2D eigenvalue weighted by Gasteiger charge is 2.01. The number of amides is 2. The maximum absolute atomic E-state index is 11.6. The minimum absolute atomic E-state index is 0.0612. The van der Waals surface area contributed by atoms with E-state index in [4.69, 9.17) is 52.1 Å². The molecule has 0 aliphatic heterocycles. The Hall–Kier alpha value is -1.76. The van der Waals surface area contributed by atoms with E-state index < -0.39 is 0 Å². The monoisotopic (exact) mass is 738 g/mol. The van der Waals surface area contributed by atoms with Gasteiger partial charge >= 0.3 is 0 Å². The minimum atomic E-state index is 0.0612. The first-order valence-electron chi connectivity index (χ1n) is 18.7. The smallest absolute Gasteiger partial charge is 0.220 e. The van der Waals surface area contributed by atoms with Crippen LogP contribution < -0.4 is 10.6 Å². The maximum atomic E-state index is 11.6. The van der Waals surface area contributed by atoms with Crippen LogP contribution in [0, 0.1) is 0 Å². The van der Waals surface area contributed by atoms with Crippen LogP contribution in [-0.4, -0.2) is 170 Å². The summed E-state index contributed by atoms with van der Waals surface area (Å²) in [4.78, 5) is 23.1. The van der Waals surface area contributed by atoms with Crippen LogP contribution in [0.4, 0.5) is 0 Å². The molecular weight excluding hydrogens is 668 g/mol. The van der Waals surface area contributed by atoms with Crippen LogP contribution >= 0.6 is 0 Å². The summed E-state index contributed by atoms with van der Waals surface area (Å²) in [7, 11) is 0. The number of allylic oxidation sites excluding steroid dienone is 2. The van der Waals surface area contributed by atoms with Crippen molar-refractivity contribution in [2.75, 3.05) is 158 Å². The quantitative estimate of drug-likeness (QED) is 0.0694. The average Bonchev–Trinajstić information content (AvgIpc) is 3.13. The third-order valence-corrected chi connectivity index (χ3v) is 6.62.